The van der Waals surface area contributed by atoms with Crippen LogP contribution in [-0.2, 0) is 11.3 Å². The highest BCUT2D eigenvalue weighted by Gasteiger charge is 2.23. The minimum atomic E-state index is 0. The molecule has 7 heteroatoms. The number of unbranched alkanes of at least 4 members (excludes halogenated alkanes) is 1. The zero-order chi connectivity index (χ0) is 20.2. The van der Waals surface area contributed by atoms with Crippen molar-refractivity contribution in [3.63, 3.8) is 0 Å². The second-order valence-electron chi connectivity index (χ2n) is 7.33. The van der Waals surface area contributed by atoms with E-state index in [1.807, 2.05) is 12.1 Å². The Morgan fingerprint density at radius 3 is 2.69 bits per heavy atom. The molecule has 2 rings (SSSR count). The third-order valence-corrected chi connectivity index (χ3v) is 5.08. The number of hydrogen-bond donors (Lipinski definition) is 2. The molecular weight excluding hydrogens is 479 g/mol. The van der Waals surface area contributed by atoms with Crippen molar-refractivity contribution in [3.8, 4) is 5.75 Å². The second-order valence-corrected chi connectivity index (χ2v) is 7.33. The van der Waals surface area contributed by atoms with Crippen LogP contribution in [-0.4, -0.2) is 50.1 Å². The molecule has 1 heterocycles. The zero-order valence-electron chi connectivity index (χ0n) is 18.1. The maximum absolute atomic E-state index is 11.6. The van der Waals surface area contributed by atoms with Gasteiger partial charge in [0, 0.05) is 33.1 Å². The highest BCUT2D eigenvalue weighted by atomic mass is 127. The van der Waals surface area contributed by atoms with Gasteiger partial charge < -0.3 is 20.3 Å². The fourth-order valence-electron chi connectivity index (χ4n) is 3.37. The van der Waals surface area contributed by atoms with E-state index in [1.54, 1.807) is 7.05 Å². The topological polar surface area (TPSA) is 66.0 Å². The summed E-state index contributed by atoms with van der Waals surface area (Å²) in [6.45, 7) is 8.37. The molecule has 1 aliphatic heterocycles. The normalized spacial score (nSPS) is 14.9. The number of likely N-dealkylation sites (tertiary alicyclic amines) is 1. The molecule has 6 nitrogen and oxygen atoms in total. The van der Waals surface area contributed by atoms with Gasteiger partial charge in [0.05, 0.1) is 13.2 Å². The molecule has 0 aliphatic carbocycles. The van der Waals surface area contributed by atoms with Crippen molar-refractivity contribution in [1.29, 1.82) is 0 Å². The van der Waals surface area contributed by atoms with Crippen molar-refractivity contribution in [2.75, 3.05) is 33.3 Å². The Kier molecular flexibility index (Phi) is 12.7. The van der Waals surface area contributed by atoms with Crippen LogP contribution >= 0.6 is 24.0 Å². The van der Waals surface area contributed by atoms with E-state index < -0.39 is 0 Å². The summed E-state index contributed by atoms with van der Waals surface area (Å²) in [5.74, 6) is 2.48. The summed E-state index contributed by atoms with van der Waals surface area (Å²) < 4.78 is 5.80. The van der Waals surface area contributed by atoms with Crippen LogP contribution in [0.5, 0.6) is 5.75 Å². The summed E-state index contributed by atoms with van der Waals surface area (Å²) in [6, 6.07) is 8.21. The van der Waals surface area contributed by atoms with Crippen LogP contribution < -0.4 is 15.4 Å². The lowest BCUT2D eigenvalue weighted by Crippen LogP contribution is -2.46. The van der Waals surface area contributed by atoms with E-state index in [4.69, 9.17) is 9.73 Å². The quantitative estimate of drug-likeness (QED) is 0.227. The molecule has 29 heavy (non-hydrogen) atoms. The molecule has 1 aromatic rings. The number of amides is 1. The first-order valence-electron chi connectivity index (χ1n) is 10.6. The summed E-state index contributed by atoms with van der Waals surface area (Å²) in [5, 5.41) is 6.14. The van der Waals surface area contributed by atoms with Crippen molar-refractivity contribution in [2.45, 2.75) is 52.5 Å². The van der Waals surface area contributed by atoms with Gasteiger partial charge in [-0.25, -0.2) is 4.99 Å². The molecule has 0 unspecified atom stereocenters. The summed E-state index contributed by atoms with van der Waals surface area (Å²) in [4.78, 5) is 18.8. The predicted molar refractivity (Wildman–Crippen MR) is 130 cm³/mol. The average Bonchev–Trinajstić information content (AvgIpc) is 2.72. The number of guanidine groups is 1. The van der Waals surface area contributed by atoms with Crippen molar-refractivity contribution >= 4 is 35.8 Å². The fraction of sp³-hybridized carbons (Fsp3) is 0.636. The second kappa shape index (κ2) is 14.5. The number of nitrogens with one attached hydrogen (secondary N) is 2. The van der Waals surface area contributed by atoms with Crippen molar-refractivity contribution < 1.29 is 9.53 Å². The summed E-state index contributed by atoms with van der Waals surface area (Å²) in [7, 11) is 1.71. The molecule has 0 radical (unpaired) electrons. The van der Waals surface area contributed by atoms with Crippen LogP contribution in [0.3, 0.4) is 0 Å². The number of carbonyl (C=O) groups excluding carboxylic acids is 1. The van der Waals surface area contributed by atoms with E-state index >= 15 is 0 Å². The Bertz CT molecular complexity index is 631. The molecule has 0 atom stereocenters. The van der Waals surface area contributed by atoms with Crippen LogP contribution in [0.25, 0.3) is 0 Å². The monoisotopic (exact) mass is 516 g/mol. The smallest absolute Gasteiger partial charge is 0.220 e. The van der Waals surface area contributed by atoms with Gasteiger partial charge in [0.2, 0.25) is 5.91 Å². The first-order valence-corrected chi connectivity index (χ1v) is 10.6. The third kappa shape index (κ3) is 9.23. The van der Waals surface area contributed by atoms with Crippen LogP contribution in [0.1, 0.15) is 51.5 Å². The standard InChI is InChI=1S/C22H36N4O2.HI/c1-4-6-14-28-20-9-7-8-19(15-20)17-25-22(24-5-2)26-12-10-18(11-13-26)16-21(27)23-3;/h7-9,15,18H,4-6,10-14,16-17H2,1-3H3,(H,23,27)(H,24,25);1H. The predicted octanol–water partition coefficient (Wildman–Crippen LogP) is 3.80. The van der Waals surface area contributed by atoms with Gasteiger partial charge in [0.1, 0.15) is 5.75 Å². The maximum Gasteiger partial charge on any atom is 0.220 e. The lowest BCUT2D eigenvalue weighted by atomic mass is 9.93. The molecule has 164 valence electrons. The van der Waals surface area contributed by atoms with Gasteiger partial charge in [0.25, 0.3) is 0 Å². The number of nitrogens with zero attached hydrogens (tertiary/aromatic N) is 2. The zero-order valence-corrected chi connectivity index (χ0v) is 20.4. The van der Waals surface area contributed by atoms with E-state index in [2.05, 4.69) is 41.5 Å². The molecule has 1 amide bonds. The summed E-state index contributed by atoms with van der Waals surface area (Å²) in [6.07, 6.45) is 4.89. The fourth-order valence-corrected chi connectivity index (χ4v) is 3.37. The van der Waals surface area contributed by atoms with E-state index in [1.165, 1.54) is 0 Å². The molecular formula is C22H37IN4O2. The Morgan fingerprint density at radius 2 is 2.03 bits per heavy atom. The first kappa shape index (κ1) is 25.5. The molecule has 0 spiro atoms. The van der Waals surface area contributed by atoms with Gasteiger partial charge in [0.15, 0.2) is 5.96 Å². The molecule has 1 saturated heterocycles. The highest BCUT2D eigenvalue weighted by Crippen LogP contribution is 2.21. The molecule has 1 aromatic carbocycles. The molecule has 1 aliphatic rings. The van der Waals surface area contributed by atoms with Gasteiger partial charge in [-0.05, 0) is 49.8 Å². The minimum Gasteiger partial charge on any atom is -0.494 e. The number of benzene rings is 1. The lowest BCUT2D eigenvalue weighted by molar-refractivity contribution is -0.121. The lowest BCUT2D eigenvalue weighted by Gasteiger charge is -2.34. The largest absolute Gasteiger partial charge is 0.494 e. The van der Waals surface area contributed by atoms with Crippen LogP contribution in [0, 0.1) is 5.92 Å². The van der Waals surface area contributed by atoms with Crippen molar-refractivity contribution in [2.24, 2.45) is 10.9 Å². The number of aliphatic imine (C=N–C) groups is 1. The summed E-state index contributed by atoms with van der Waals surface area (Å²) in [5.41, 5.74) is 1.15. The number of carbonyl (C=O) groups is 1. The Balaban J connectivity index is 0.00000420. The average molecular weight is 516 g/mol. The third-order valence-electron chi connectivity index (χ3n) is 5.08. The maximum atomic E-state index is 11.6. The Labute approximate surface area is 192 Å². The van der Waals surface area contributed by atoms with Gasteiger partial charge in [-0.3, -0.25) is 4.79 Å². The number of ether oxygens (including phenoxy) is 1. The van der Waals surface area contributed by atoms with Crippen molar-refractivity contribution in [3.05, 3.63) is 29.8 Å². The van der Waals surface area contributed by atoms with Crippen molar-refractivity contribution in [1.82, 2.24) is 15.5 Å². The molecule has 0 saturated carbocycles. The number of rotatable bonds is 9. The summed E-state index contributed by atoms with van der Waals surface area (Å²) >= 11 is 0. The minimum absolute atomic E-state index is 0. The van der Waals surface area contributed by atoms with E-state index in [9.17, 15) is 4.79 Å². The Morgan fingerprint density at radius 1 is 1.28 bits per heavy atom. The van der Waals surface area contributed by atoms with Gasteiger partial charge in [-0.2, -0.15) is 0 Å². The van der Waals surface area contributed by atoms with Crippen LogP contribution in [0.2, 0.25) is 0 Å². The van der Waals surface area contributed by atoms with E-state index in [-0.39, 0.29) is 29.9 Å². The Hall–Kier alpha value is -1.51. The van der Waals surface area contributed by atoms with Gasteiger partial charge >= 0.3 is 0 Å². The first-order chi connectivity index (χ1) is 13.7. The van der Waals surface area contributed by atoms with Gasteiger partial charge in [-0.1, -0.05) is 25.5 Å². The SMILES string of the molecule is CCCCOc1cccc(CN=C(NCC)N2CCC(CC(=O)NC)CC2)c1.I. The van der Waals surface area contributed by atoms with Gasteiger partial charge in [-0.15, -0.1) is 24.0 Å². The molecule has 2 N–H and O–H groups in total. The highest BCUT2D eigenvalue weighted by molar-refractivity contribution is 14.0. The number of hydrogen-bond acceptors (Lipinski definition) is 3. The van der Waals surface area contributed by atoms with E-state index in [0.717, 1.165) is 69.2 Å². The molecule has 0 aromatic heterocycles. The van der Waals surface area contributed by atoms with Crippen LogP contribution in [0.15, 0.2) is 29.3 Å². The van der Waals surface area contributed by atoms with Crippen LogP contribution in [0.4, 0.5) is 0 Å². The number of piperidine rings is 1. The molecule has 1 fully saturated rings. The molecule has 0 bridgehead atoms. The number of halogens is 1. The van der Waals surface area contributed by atoms with E-state index in [0.29, 0.717) is 18.9 Å².